The fraction of sp³-hybridized carbons (Fsp3) is 0.194. The van der Waals surface area contributed by atoms with Crippen LogP contribution in [0.15, 0.2) is 84.0 Å². The van der Waals surface area contributed by atoms with Gasteiger partial charge in [0, 0.05) is 46.9 Å². The van der Waals surface area contributed by atoms with E-state index in [4.69, 9.17) is 4.74 Å². The summed E-state index contributed by atoms with van der Waals surface area (Å²) in [5, 5.41) is 14.9. The molecule has 3 unspecified atom stereocenters. The van der Waals surface area contributed by atoms with Gasteiger partial charge >= 0.3 is 5.69 Å². The molecule has 0 bridgehead atoms. The molecule has 1 fully saturated rings. The van der Waals surface area contributed by atoms with Crippen LogP contribution in [-0.4, -0.2) is 42.7 Å². The fourth-order valence-electron chi connectivity index (χ4n) is 4.83. The number of fused-ring (bicyclic) bond motifs is 3. The van der Waals surface area contributed by atoms with Crippen LogP contribution < -0.4 is 11.0 Å². The standard InChI is InChI=1S/C31H25N5O4/c1-2-25-24(37)16-26(40-25)36-18-23(29(35-31(36)39)34-30(38)21-7-4-3-5-8-21)11-10-19-15-22-13-12-20-9-6-14-32-27(20)28(22)33-17-19/h3-9,12-15,17-18,24-26,37H,2,16H2,1H3,(H,34,35,38,39). The molecular weight excluding hydrogens is 506 g/mol. The van der Waals surface area contributed by atoms with E-state index in [1.807, 2.05) is 43.3 Å². The van der Waals surface area contributed by atoms with Crippen molar-refractivity contribution in [1.29, 1.82) is 0 Å². The number of carbonyl (C=O) groups excluding carboxylic acids is 1. The van der Waals surface area contributed by atoms with E-state index in [1.54, 1.807) is 36.7 Å². The maximum absolute atomic E-state index is 13.0. The molecule has 0 radical (unpaired) electrons. The summed E-state index contributed by atoms with van der Waals surface area (Å²) in [6, 6.07) is 18.4. The number of hydrogen-bond donors (Lipinski definition) is 2. The number of amides is 1. The van der Waals surface area contributed by atoms with Crippen LogP contribution in [0.5, 0.6) is 0 Å². The van der Waals surface area contributed by atoms with E-state index in [-0.39, 0.29) is 18.3 Å². The number of anilines is 1. The Morgan fingerprint density at radius 3 is 2.67 bits per heavy atom. The largest absolute Gasteiger partial charge is 0.390 e. The number of carbonyl (C=O) groups is 1. The predicted molar refractivity (Wildman–Crippen MR) is 151 cm³/mol. The minimum absolute atomic E-state index is 0.0390. The van der Waals surface area contributed by atoms with E-state index in [0.717, 1.165) is 21.8 Å². The molecule has 1 amide bonds. The van der Waals surface area contributed by atoms with Gasteiger partial charge in [0.1, 0.15) is 6.23 Å². The lowest BCUT2D eigenvalue weighted by atomic mass is 10.1. The maximum Gasteiger partial charge on any atom is 0.351 e. The number of pyridine rings is 2. The van der Waals surface area contributed by atoms with Gasteiger partial charge in [0.25, 0.3) is 5.91 Å². The number of nitrogens with zero attached hydrogens (tertiary/aromatic N) is 4. The number of nitrogens with one attached hydrogen (secondary N) is 1. The first-order valence-corrected chi connectivity index (χ1v) is 13.0. The Bertz CT molecular complexity index is 1860. The number of ether oxygens (including phenoxy) is 1. The van der Waals surface area contributed by atoms with Crippen LogP contribution in [0, 0.1) is 11.8 Å². The number of aliphatic hydroxyl groups is 1. The lowest BCUT2D eigenvalue weighted by molar-refractivity contribution is -0.0217. The Morgan fingerprint density at radius 1 is 1.07 bits per heavy atom. The van der Waals surface area contributed by atoms with Gasteiger partial charge in [-0.05, 0) is 30.7 Å². The highest BCUT2D eigenvalue weighted by Crippen LogP contribution is 2.30. The van der Waals surface area contributed by atoms with Crippen molar-refractivity contribution in [3.8, 4) is 11.8 Å². The molecule has 1 aliphatic rings. The van der Waals surface area contributed by atoms with Gasteiger partial charge in [-0.2, -0.15) is 4.98 Å². The molecule has 9 nitrogen and oxygen atoms in total. The highest BCUT2D eigenvalue weighted by Gasteiger charge is 2.34. The molecule has 3 atom stereocenters. The number of aromatic nitrogens is 4. The first kappa shape index (κ1) is 25.4. The maximum atomic E-state index is 13.0. The van der Waals surface area contributed by atoms with Gasteiger partial charge in [0.15, 0.2) is 5.82 Å². The lowest BCUT2D eigenvalue weighted by Crippen LogP contribution is -2.29. The van der Waals surface area contributed by atoms with Crippen LogP contribution in [0.25, 0.3) is 21.8 Å². The monoisotopic (exact) mass is 531 g/mol. The second-order valence-corrected chi connectivity index (χ2v) is 9.54. The normalized spacial score (nSPS) is 18.4. The third-order valence-corrected chi connectivity index (χ3v) is 6.90. The molecule has 40 heavy (non-hydrogen) atoms. The van der Waals surface area contributed by atoms with Crippen molar-refractivity contribution in [2.75, 3.05) is 5.32 Å². The topological polar surface area (TPSA) is 119 Å². The zero-order valence-electron chi connectivity index (χ0n) is 21.6. The highest BCUT2D eigenvalue weighted by atomic mass is 16.5. The Hall–Kier alpha value is -4.91. The number of rotatable bonds is 4. The Labute approximate surface area is 229 Å². The molecule has 1 saturated heterocycles. The van der Waals surface area contributed by atoms with Crippen LogP contribution >= 0.6 is 0 Å². The smallest absolute Gasteiger partial charge is 0.351 e. The summed E-state index contributed by atoms with van der Waals surface area (Å²) in [5.74, 6) is 5.77. The summed E-state index contributed by atoms with van der Waals surface area (Å²) in [7, 11) is 0. The Kier molecular flexibility index (Phi) is 6.78. The van der Waals surface area contributed by atoms with Crippen molar-refractivity contribution in [2.45, 2.75) is 38.2 Å². The van der Waals surface area contributed by atoms with E-state index in [9.17, 15) is 14.7 Å². The van der Waals surface area contributed by atoms with Crippen LogP contribution in [0.1, 0.15) is 47.5 Å². The molecule has 0 spiro atoms. The molecule has 1 aliphatic heterocycles. The quantitative estimate of drug-likeness (QED) is 0.265. The molecule has 2 N–H and O–H groups in total. The third-order valence-electron chi connectivity index (χ3n) is 6.90. The molecule has 0 aliphatic carbocycles. The molecular formula is C31H25N5O4. The van der Waals surface area contributed by atoms with E-state index in [0.29, 0.717) is 23.1 Å². The van der Waals surface area contributed by atoms with Crippen molar-refractivity contribution >= 4 is 33.5 Å². The second-order valence-electron chi connectivity index (χ2n) is 9.54. The van der Waals surface area contributed by atoms with E-state index in [2.05, 4.69) is 32.1 Å². The number of aliphatic hydroxyl groups excluding tert-OH is 1. The summed E-state index contributed by atoms with van der Waals surface area (Å²) in [5.41, 5.74) is 2.35. The van der Waals surface area contributed by atoms with Crippen LogP contribution in [0.2, 0.25) is 0 Å². The van der Waals surface area contributed by atoms with Crippen LogP contribution in [-0.2, 0) is 4.74 Å². The lowest BCUT2D eigenvalue weighted by Gasteiger charge is -2.16. The van der Waals surface area contributed by atoms with E-state index < -0.39 is 23.9 Å². The van der Waals surface area contributed by atoms with E-state index >= 15 is 0 Å². The van der Waals surface area contributed by atoms with Crippen molar-refractivity contribution < 1.29 is 14.6 Å². The van der Waals surface area contributed by atoms with Crippen molar-refractivity contribution in [1.82, 2.24) is 19.5 Å². The Balaban J connectivity index is 1.40. The SMILES string of the molecule is CCC1OC(n2cc(C#Cc3cnc4c(ccc5cccnc54)c3)c(NC(=O)c3ccccc3)nc2=O)CC1O. The third kappa shape index (κ3) is 4.94. The zero-order chi connectivity index (χ0) is 27.6. The average molecular weight is 532 g/mol. The summed E-state index contributed by atoms with van der Waals surface area (Å²) in [6.07, 6.45) is 4.02. The molecule has 4 heterocycles. The molecule has 6 rings (SSSR count). The number of benzene rings is 2. The number of hydrogen-bond acceptors (Lipinski definition) is 7. The summed E-state index contributed by atoms with van der Waals surface area (Å²) >= 11 is 0. The zero-order valence-corrected chi connectivity index (χ0v) is 21.6. The van der Waals surface area contributed by atoms with Gasteiger partial charge in [0.05, 0.1) is 28.8 Å². The van der Waals surface area contributed by atoms with Gasteiger partial charge in [-0.25, -0.2) is 4.79 Å². The summed E-state index contributed by atoms with van der Waals surface area (Å²) in [4.78, 5) is 39.1. The minimum atomic E-state index is -0.692. The molecule has 2 aromatic carbocycles. The first-order chi connectivity index (χ1) is 19.5. The Morgan fingerprint density at radius 2 is 1.88 bits per heavy atom. The van der Waals surface area contributed by atoms with Crippen molar-refractivity contribution in [2.24, 2.45) is 0 Å². The van der Waals surface area contributed by atoms with E-state index in [1.165, 1.54) is 10.8 Å². The van der Waals surface area contributed by atoms with Gasteiger partial charge in [-0.1, -0.05) is 55.2 Å². The summed E-state index contributed by atoms with van der Waals surface area (Å²) < 4.78 is 7.22. The predicted octanol–water partition coefficient (Wildman–Crippen LogP) is 4.05. The van der Waals surface area contributed by atoms with Crippen molar-refractivity contribution in [3.63, 3.8) is 0 Å². The fourth-order valence-corrected chi connectivity index (χ4v) is 4.83. The van der Waals surface area contributed by atoms with Gasteiger partial charge in [0.2, 0.25) is 0 Å². The van der Waals surface area contributed by atoms with Crippen LogP contribution in [0.4, 0.5) is 5.82 Å². The van der Waals surface area contributed by atoms with Crippen molar-refractivity contribution in [3.05, 3.63) is 106 Å². The molecule has 5 aromatic rings. The average Bonchev–Trinajstić information content (AvgIpc) is 3.37. The molecule has 9 heteroatoms. The van der Waals surface area contributed by atoms with Crippen LogP contribution in [0.3, 0.4) is 0 Å². The summed E-state index contributed by atoms with van der Waals surface area (Å²) in [6.45, 7) is 1.91. The minimum Gasteiger partial charge on any atom is -0.390 e. The molecule has 0 saturated carbocycles. The van der Waals surface area contributed by atoms with Gasteiger partial charge in [-0.3, -0.25) is 19.3 Å². The highest BCUT2D eigenvalue weighted by molar-refractivity contribution is 6.04. The second kappa shape index (κ2) is 10.7. The van der Waals surface area contributed by atoms with Gasteiger partial charge in [-0.15, -0.1) is 0 Å². The van der Waals surface area contributed by atoms with Gasteiger partial charge < -0.3 is 15.2 Å². The molecule has 198 valence electrons. The molecule has 3 aromatic heterocycles. The first-order valence-electron chi connectivity index (χ1n) is 13.0.